The van der Waals surface area contributed by atoms with Crippen molar-refractivity contribution in [2.45, 2.75) is 38.0 Å². The minimum absolute atomic E-state index is 0.0720. The highest BCUT2D eigenvalue weighted by Crippen LogP contribution is 2.55. The van der Waals surface area contributed by atoms with E-state index < -0.39 is 226 Å². The minimum atomic E-state index is -1.13. The Labute approximate surface area is 554 Å². The molecule has 15 aromatic rings. The molecule has 0 amide bonds. The van der Waals surface area contributed by atoms with Crippen molar-refractivity contribution < 1.29 is 44.5 Å². The smallest absolute Gasteiger partial charge is 0.252 e. The van der Waals surface area contributed by atoms with Crippen LogP contribution in [0.15, 0.2) is 299 Å². The predicted molar refractivity (Wildman–Crippen MR) is 373 cm³/mol. The van der Waals surface area contributed by atoms with Crippen molar-refractivity contribution in [2.75, 3.05) is 9.80 Å². The molecule has 1 saturated carbocycles. The second kappa shape index (κ2) is 20.9. The maximum absolute atomic E-state index is 10.4. The normalized spacial score (nSPS) is 17.8. The van der Waals surface area contributed by atoms with Crippen LogP contribution in [0.1, 0.15) is 79.2 Å². The lowest BCUT2D eigenvalue weighted by atomic mass is 9.33. The van der Waals surface area contributed by atoms with E-state index in [0.29, 0.717) is 86.8 Å². The molecule has 5 heteroatoms. The number of nitrogens with zero attached hydrogens (tertiary/aromatic N) is 2. The second-order valence-electron chi connectivity index (χ2n) is 22.5. The van der Waals surface area contributed by atoms with E-state index in [1.807, 2.05) is 121 Å². The Kier molecular flexibility index (Phi) is 7.45. The highest BCUT2D eigenvalue weighted by Gasteiger charge is 2.46. The van der Waals surface area contributed by atoms with Gasteiger partial charge < -0.3 is 18.6 Å². The van der Waals surface area contributed by atoms with Crippen LogP contribution < -0.4 is 26.2 Å². The largest absolute Gasteiger partial charge is 0.456 e. The number of para-hydroxylation sites is 4. The number of hydrogen-bond acceptors (Lipinski definition) is 4. The predicted octanol–water partition coefficient (Wildman–Crippen LogP) is 21.6. The number of anilines is 6. The van der Waals surface area contributed by atoms with Gasteiger partial charge in [-0.2, -0.15) is 0 Å². The van der Waals surface area contributed by atoms with Gasteiger partial charge in [0.1, 0.15) is 22.3 Å². The molecule has 3 aliphatic rings. The Morgan fingerprint density at radius 2 is 0.697 bits per heavy atom. The van der Waals surface area contributed by atoms with E-state index in [2.05, 4.69) is 0 Å². The molecule has 0 saturated heterocycles. The zero-order valence-corrected chi connectivity index (χ0v) is 47.1. The highest BCUT2D eigenvalue weighted by atomic mass is 16.3. The second-order valence-corrected chi connectivity index (χ2v) is 22.5. The van der Waals surface area contributed by atoms with Crippen molar-refractivity contribution in [1.82, 2.24) is 0 Å². The average molecular weight is 1170 g/mol. The first kappa shape index (κ1) is 31.7. The number of fused-ring (bicyclic) bond motifs is 10. The van der Waals surface area contributed by atoms with E-state index in [-0.39, 0.29) is 28.2 Å². The molecule has 0 radical (unpaired) electrons. The summed E-state index contributed by atoms with van der Waals surface area (Å²) in [4.78, 5) is 3.11. The monoisotopic (exact) mass is 1160 g/mol. The van der Waals surface area contributed by atoms with Crippen LogP contribution in [0, 0.1) is 0 Å². The Bertz CT molecular complexity index is 6210. The van der Waals surface area contributed by atoms with Crippen LogP contribution in [0.2, 0.25) is 0 Å². The van der Waals surface area contributed by atoms with Crippen LogP contribution in [-0.4, -0.2) is 6.71 Å². The third-order valence-corrected chi connectivity index (χ3v) is 17.7. The first-order chi connectivity index (χ1) is 54.9. The highest BCUT2D eigenvalue weighted by molar-refractivity contribution is 7.00. The molecule has 0 atom stereocenters. The summed E-state index contributed by atoms with van der Waals surface area (Å²) in [5.74, 6) is -0.420. The lowest BCUT2D eigenvalue weighted by molar-refractivity contribution is 0.444. The van der Waals surface area contributed by atoms with Crippen molar-refractivity contribution in [3.63, 3.8) is 0 Å². The number of furan rings is 2. The van der Waals surface area contributed by atoms with Gasteiger partial charge >= 0.3 is 0 Å². The van der Waals surface area contributed by atoms with Gasteiger partial charge in [-0.25, -0.2) is 0 Å². The van der Waals surface area contributed by atoms with Crippen molar-refractivity contribution in [3.05, 3.63) is 296 Å². The molecule has 420 valence electrons. The molecule has 1 aliphatic carbocycles. The lowest BCUT2D eigenvalue weighted by Gasteiger charge is -2.46. The molecular weight excluding hydrogens is 1080 g/mol. The summed E-state index contributed by atoms with van der Waals surface area (Å²) in [6, 6.07) is 17.7. The maximum atomic E-state index is 10.4. The molecule has 0 N–H and O–H groups in total. The van der Waals surface area contributed by atoms with Gasteiger partial charge in [-0.3, -0.25) is 0 Å². The van der Waals surface area contributed by atoms with Crippen LogP contribution in [0.4, 0.5) is 34.1 Å². The summed E-state index contributed by atoms with van der Waals surface area (Å²) in [5, 5.41) is 3.00. The fourth-order valence-corrected chi connectivity index (χ4v) is 13.8. The molecule has 13 aromatic carbocycles. The fraction of sp³-hybridized carbons (Fsp3) is 0.0714. The third-order valence-electron chi connectivity index (χ3n) is 17.7. The molecule has 0 unspecified atom stereocenters. The molecular formula is C84H59BN2O2. The fourth-order valence-electron chi connectivity index (χ4n) is 13.8. The molecule has 0 spiro atoms. The maximum Gasteiger partial charge on any atom is 0.252 e. The minimum Gasteiger partial charge on any atom is -0.456 e. The summed E-state index contributed by atoms with van der Waals surface area (Å²) in [6.07, 6.45) is 3.21. The molecule has 89 heavy (non-hydrogen) atoms. The van der Waals surface area contributed by atoms with Crippen molar-refractivity contribution in [3.8, 4) is 66.8 Å². The van der Waals surface area contributed by atoms with Crippen LogP contribution in [0.3, 0.4) is 0 Å². The van der Waals surface area contributed by atoms with Gasteiger partial charge in [0.05, 0.1) is 47.0 Å². The first-order valence-electron chi connectivity index (χ1n) is 42.4. The van der Waals surface area contributed by atoms with Gasteiger partial charge in [0, 0.05) is 66.5 Å². The summed E-state index contributed by atoms with van der Waals surface area (Å²) in [5.41, 5.74) is 0.222. The molecule has 18 rings (SSSR count). The zero-order valence-electron chi connectivity index (χ0n) is 73.1. The van der Waals surface area contributed by atoms with Crippen LogP contribution in [0.5, 0.6) is 0 Å². The van der Waals surface area contributed by atoms with Gasteiger partial charge in [-0.15, -0.1) is 0 Å². The molecule has 0 bridgehead atoms. The Hall–Kier alpha value is -10.9. The summed E-state index contributed by atoms with van der Waals surface area (Å²) >= 11 is 0. The van der Waals surface area contributed by atoms with Crippen LogP contribution >= 0.6 is 0 Å². The van der Waals surface area contributed by atoms with Gasteiger partial charge in [-0.05, 0) is 146 Å². The first-order valence-corrected chi connectivity index (χ1v) is 29.4. The van der Waals surface area contributed by atoms with Gasteiger partial charge in [-0.1, -0.05) is 249 Å². The number of rotatable bonds is 9. The third kappa shape index (κ3) is 8.44. The SMILES string of the molecule is [2H]c1c([2H])c([2H])c(-c2c([2H])c([2H])c([2H])c(-c3c([2H])c([2H])c([2H])c([2H])c3[2H])c2N2c3cc(-c4ccc5oc6ccccc6c5c4)ccc3B3c4ccc(-c5ccc6oc7ccccc7c6c5)cc4N(c4c(-c5c([2H])c([2H])c([2H])c([2H])c5[2H])c([2H])c([2H])c([2H])c4-c4c([2H])c([2H])c([2H])c([2H])c4[2H])c4cc(C5CCCCC5)cc2c43)c([2H])c1[2H]. The Balaban J connectivity index is 1.09. The number of benzene rings is 13. The Morgan fingerprint density at radius 3 is 1.11 bits per heavy atom. The van der Waals surface area contributed by atoms with Crippen LogP contribution in [-0.2, 0) is 0 Å². The van der Waals surface area contributed by atoms with Crippen LogP contribution in [0.25, 0.3) is 111 Å². The average Bonchev–Trinajstić information content (AvgIpc) is 1.20. The molecule has 4 nitrogen and oxygen atoms in total. The van der Waals surface area contributed by atoms with E-state index in [1.165, 1.54) is 0 Å². The standard InChI is InChI=1S/C84H59BN2O2/c1-6-22-54(23-7-1)63-52-76-82-77(53-63)87(84-66(57-28-12-4-13-29-57)36-21-37-67(84)58-30-14-5-15-31-58)75-51-62(60-43-47-81-71(49-60)69-33-17-19-39-79(69)89-81)41-45-73(75)85(82)72-44-40-61(59-42-46-80-70(48-59)68-32-16-18-38-78(68)88-80)50-74(72)86(76)83-64(55-24-8-2-9-25-55)34-20-35-65(83)56-26-10-3-11-27-56/h2-5,8-21,24-54H,1,6-7,22-23H2/i2D,3D,4D,5D,8D,9D,10D,11D,12D,13D,14D,15D,20D,21D,24D,25D,26D,27D,28D,29D,30D,31D,34D,35D,36D,37D. The van der Waals surface area contributed by atoms with Crippen molar-refractivity contribution in [1.29, 1.82) is 0 Å². The zero-order chi connectivity index (χ0) is 81.1. The molecule has 1 fully saturated rings. The Morgan fingerprint density at radius 1 is 0.326 bits per heavy atom. The topological polar surface area (TPSA) is 32.8 Å². The summed E-state index contributed by atoms with van der Waals surface area (Å²) in [7, 11) is 0. The van der Waals surface area contributed by atoms with E-state index >= 15 is 0 Å². The van der Waals surface area contributed by atoms with Gasteiger partial charge in [0.2, 0.25) is 0 Å². The molecule has 2 aromatic heterocycles. The number of hydrogen-bond donors (Lipinski definition) is 0. The molecule has 2 aliphatic heterocycles. The summed E-state index contributed by atoms with van der Waals surface area (Å²) in [6.45, 7) is -1.13. The quantitative estimate of drug-likeness (QED) is 0.135. The lowest BCUT2D eigenvalue weighted by Crippen LogP contribution is -2.61. The van der Waals surface area contributed by atoms with E-state index in [1.54, 1.807) is 21.9 Å². The van der Waals surface area contributed by atoms with E-state index in [9.17, 15) is 30.2 Å². The van der Waals surface area contributed by atoms with E-state index in [0.717, 1.165) is 28.0 Å². The molecule has 4 heterocycles. The summed E-state index contributed by atoms with van der Waals surface area (Å²) < 4.78 is 263. The van der Waals surface area contributed by atoms with Crippen molar-refractivity contribution >= 4 is 101 Å². The van der Waals surface area contributed by atoms with Crippen molar-refractivity contribution in [2.24, 2.45) is 0 Å². The van der Waals surface area contributed by atoms with Gasteiger partial charge in [0.15, 0.2) is 0 Å². The van der Waals surface area contributed by atoms with E-state index in [4.69, 9.17) is 14.3 Å². The van der Waals surface area contributed by atoms with Gasteiger partial charge in [0.25, 0.3) is 6.71 Å².